The molecule has 0 bridgehead atoms. The Labute approximate surface area is 226 Å². The Bertz CT molecular complexity index is 1580. The van der Waals surface area contributed by atoms with Crippen LogP contribution in [0.15, 0.2) is 72.8 Å². The van der Waals surface area contributed by atoms with Crippen LogP contribution in [0, 0.1) is 5.82 Å². The van der Waals surface area contributed by atoms with Gasteiger partial charge in [0.05, 0.1) is 29.8 Å². The van der Waals surface area contributed by atoms with Crippen LogP contribution in [0.1, 0.15) is 57.7 Å². The van der Waals surface area contributed by atoms with Crippen molar-refractivity contribution in [1.29, 1.82) is 0 Å². The summed E-state index contributed by atoms with van der Waals surface area (Å²) in [5.41, 5.74) is 2.38. The average molecular weight is 526 g/mol. The quantitative estimate of drug-likeness (QED) is 0.186. The summed E-state index contributed by atoms with van der Waals surface area (Å²) in [5, 5.41) is 1.59. The highest BCUT2D eigenvalue weighted by atomic mass is 19.1. The van der Waals surface area contributed by atoms with Gasteiger partial charge in [-0.25, -0.2) is 9.29 Å². The second kappa shape index (κ2) is 11.1. The van der Waals surface area contributed by atoms with Crippen molar-refractivity contribution in [3.63, 3.8) is 0 Å². The molecule has 1 aliphatic rings. The summed E-state index contributed by atoms with van der Waals surface area (Å²) in [6.45, 7) is 4.09. The number of benzene rings is 4. The third-order valence-electron chi connectivity index (χ3n) is 6.77. The number of imide groups is 1. The monoisotopic (exact) mass is 525 g/mol. The zero-order valence-electron chi connectivity index (χ0n) is 21.8. The fourth-order valence-corrected chi connectivity index (χ4v) is 5.04. The SMILES string of the molecule is CCCc1c2c(c(OCc3ccccc3)c3ccccc13)C(=O)N(c1ccc(CC(=O)OCC)c(F)c1)C2=O. The second-order valence-electron chi connectivity index (χ2n) is 9.33. The molecule has 4 aromatic carbocycles. The van der Waals surface area contributed by atoms with Gasteiger partial charge in [-0.2, -0.15) is 0 Å². The first-order valence-corrected chi connectivity index (χ1v) is 13.0. The van der Waals surface area contributed by atoms with Crippen molar-refractivity contribution >= 4 is 34.2 Å². The van der Waals surface area contributed by atoms with Crippen molar-refractivity contribution in [2.75, 3.05) is 11.5 Å². The third kappa shape index (κ3) is 4.88. The van der Waals surface area contributed by atoms with Gasteiger partial charge in [0.25, 0.3) is 11.8 Å². The number of halogens is 1. The highest BCUT2D eigenvalue weighted by Gasteiger charge is 2.42. The number of carbonyl (C=O) groups excluding carboxylic acids is 3. The lowest BCUT2D eigenvalue weighted by Crippen LogP contribution is -2.29. The number of anilines is 1. The van der Waals surface area contributed by atoms with Crippen LogP contribution >= 0.6 is 0 Å². The Balaban J connectivity index is 1.61. The van der Waals surface area contributed by atoms with E-state index in [2.05, 4.69) is 0 Å². The number of aryl methyl sites for hydroxylation is 1. The van der Waals surface area contributed by atoms with Crippen LogP contribution in [-0.2, 0) is 29.0 Å². The summed E-state index contributed by atoms with van der Waals surface area (Å²) >= 11 is 0. The molecule has 0 fully saturated rings. The second-order valence-corrected chi connectivity index (χ2v) is 9.33. The van der Waals surface area contributed by atoms with Crippen LogP contribution in [-0.4, -0.2) is 24.4 Å². The first-order valence-electron chi connectivity index (χ1n) is 13.0. The molecular formula is C32H28FNO5. The summed E-state index contributed by atoms with van der Waals surface area (Å²) in [6.07, 6.45) is 1.10. The van der Waals surface area contributed by atoms with E-state index >= 15 is 4.39 Å². The molecule has 1 heterocycles. The van der Waals surface area contributed by atoms with Gasteiger partial charge in [-0.1, -0.05) is 74.0 Å². The highest BCUT2D eigenvalue weighted by molar-refractivity contribution is 6.37. The number of hydrogen-bond acceptors (Lipinski definition) is 5. The van der Waals surface area contributed by atoms with Crippen LogP contribution in [0.3, 0.4) is 0 Å². The van der Waals surface area contributed by atoms with E-state index < -0.39 is 23.6 Å². The van der Waals surface area contributed by atoms with Gasteiger partial charge in [-0.15, -0.1) is 0 Å². The first-order chi connectivity index (χ1) is 18.9. The van der Waals surface area contributed by atoms with Crippen LogP contribution in [0.4, 0.5) is 10.1 Å². The van der Waals surface area contributed by atoms with Gasteiger partial charge in [-0.3, -0.25) is 14.4 Å². The molecule has 0 atom stereocenters. The smallest absolute Gasteiger partial charge is 0.310 e. The number of carbonyl (C=O) groups is 3. The Kier molecular flexibility index (Phi) is 7.41. The van der Waals surface area contributed by atoms with Crippen LogP contribution in [0.25, 0.3) is 10.8 Å². The van der Waals surface area contributed by atoms with Crippen LogP contribution < -0.4 is 9.64 Å². The van der Waals surface area contributed by atoms with E-state index in [1.54, 1.807) is 6.92 Å². The van der Waals surface area contributed by atoms with Crippen molar-refractivity contribution in [3.05, 3.63) is 106 Å². The lowest BCUT2D eigenvalue weighted by molar-refractivity contribution is -0.142. The van der Waals surface area contributed by atoms with Crippen LogP contribution in [0.5, 0.6) is 5.75 Å². The largest absolute Gasteiger partial charge is 0.487 e. The van der Waals surface area contributed by atoms with Gasteiger partial charge in [-0.05, 0) is 47.6 Å². The fraction of sp³-hybridized carbons (Fsp3) is 0.219. The Morgan fingerprint density at radius 3 is 2.26 bits per heavy atom. The minimum absolute atomic E-state index is 0.0897. The molecule has 0 radical (unpaired) electrons. The van der Waals surface area contributed by atoms with Crippen molar-refractivity contribution in [1.82, 2.24) is 0 Å². The molecule has 6 nitrogen and oxygen atoms in total. The Morgan fingerprint density at radius 2 is 1.56 bits per heavy atom. The van der Waals surface area contributed by atoms with Gasteiger partial charge in [0.2, 0.25) is 0 Å². The van der Waals surface area contributed by atoms with Crippen LogP contribution in [0.2, 0.25) is 0 Å². The van der Waals surface area contributed by atoms with Crippen molar-refractivity contribution in [2.45, 2.75) is 39.7 Å². The molecule has 0 unspecified atom stereocenters. The molecular weight excluding hydrogens is 497 g/mol. The zero-order valence-corrected chi connectivity index (χ0v) is 21.8. The minimum atomic E-state index is -0.698. The maximum absolute atomic E-state index is 15.0. The number of nitrogens with zero attached hydrogens (tertiary/aromatic N) is 1. The number of esters is 1. The lowest BCUT2D eigenvalue weighted by Gasteiger charge is -2.16. The number of hydrogen-bond donors (Lipinski definition) is 0. The predicted octanol–water partition coefficient (Wildman–Crippen LogP) is 6.42. The maximum atomic E-state index is 15.0. The number of ether oxygens (including phenoxy) is 2. The molecule has 7 heteroatoms. The molecule has 0 N–H and O–H groups in total. The zero-order chi connectivity index (χ0) is 27.5. The van der Waals surface area contributed by atoms with E-state index in [4.69, 9.17) is 9.47 Å². The molecule has 39 heavy (non-hydrogen) atoms. The van der Waals surface area contributed by atoms with Gasteiger partial charge in [0.1, 0.15) is 18.2 Å². The molecule has 0 aliphatic carbocycles. The number of fused-ring (bicyclic) bond motifs is 2. The first kappa shape index (κ1) is 26.1. The molecule has 1 aliphatic heterocycles. The fourth-order valence-electron chi connectivity index (χ4n) is 5.04. The molecule has 5 rings (SSSR count). The summed E-state index contributed by atoms with van der Waals surface area (Å²) < 4.78 is 26.2. The summed E-state index contributed by atoms with van der Waals surface area (Å²) in [5.74, 6) is -2.01. The summed E-state index contributed by atoms with van der Waals surface area (Å²) in [4.78, 5) is 40.7. The van der Waals surface area contributed by atoms with Crippen molar-refractivity contribution < 1.29 is 28.2 Å². The molecule has 0 spiro atoms. The minimum Gasteiger partial charge on any atom is -0.487 e. The predicted molar refractivity (Wildman–Crippen MR) is 147 cm³/mol. The van der Waals surface area contributed by atoms with Crippen molar-refractivity contribution in [2.24, 2.45) is 0 Å². The van der Waals surface area contributed by atoms with E-state index in [-0.39, 0.29) is 36.4 Å². The van der Waals surface area contributed by atoms with Gasteiger partial charge in [0.15, 0.2) is 0 Å². The molecule has 4 aromatic rings. The molecule has 0 aromatic heterocycles. The Morgan fingerprint density at radius 1 is 0.872 bits per heavy atom. The van der Waals surface area contributed by atoms with Gasteiger partial charge >= 0.3 is 5.97 Å². The van der Waals surface area contributed by atoms with E-state index in [1.165, 1.54) is 12.1 Å². The Hall–Kier alpha value is -4.52. The molecule has 0 saturated carbocycles. The summed E-state index contributed by atoms with van der Waals surface area (Å²) in [6, 6.07) is 21.1. The highest BCUT2D eigenvalue weighted by Crippen LogP contribution is 2.43. The summed E-state index contributed by atoms with van der Waals surface area (Å²) in [7, 11) is 0. The standard InChI is InChI=1S/C32H28FNO5/c1-3-10-24-23-13-8-9-14-25(23)30(39-19-20-11-6-5-7-12-20)29-28(24)31(36)34(32(29)37)22-16-15-21(26(33)18-22)17-27(35)38-4-2/h5-9,11-16,18H,3-4,10,17,19H2,1-2H3. The van der Waals surface area contributed by atoms with E-state index in [1.807, 2.05) is 61.5 Å². The topological polar surface area (TPSA) is 72.9 Å². The number of rotatable bonds is 9. The molecule has 0 saturated heterocycles. The van der Waals surface area contributed by atoms with Crippen molar-refractivity contribution in [3.8, 4) is 5.75 Å². The average Bonchev–Trinajstić information content (AvgIpc) is 3.20. The molecule has 2 amide bonds. The van der Waals surface area contributed by atoms with E-state index in [9.17, 15) is 14.4 Å². The lowest BCUT2D eigenvalue weighted by atomic mass is 9.91. The third-order valence-corrected chi connectivity index (χ3v) is 6.77. The van der Waals surface area contributed by atoms with E-state index in [0.29, 0.717) is 17.7 Å². The van der Waals surface area contributed by atoms with Gasteiger partial charge < -0.3 is 9.47 Å². The maximum Gasteiger partial charge on any atom is 0.310 e. The van der Waals surface area contributed by atoms with Gasteiger partial charge in [0, 0.05) is 5.39 Å². The van der Waals surface area contributed by atoms with E-state index in [0.717, 1.165) is 39.3 Å². The number of amides is 2. The molecule has 198 valence electrons. The normalized spacial score (nSPS) is 12.6.